The molecule has 0 fully saturated rings. The van der Waals surface area contributed by atoms with E-state index in [1.807, 2.05) is 235 Å². The number of aromatic nitrogens is 18. The molecule has 16 aromatic rings. The van der Waals surface area contributed by atoms with Gasteiger partial charge in [0.15, 0.2) is 34.5 Å². The first-order valence-corrected chi connectivity index (χ1v) is 44.3. The molecule has 5 aromatic carbocycles. The second kappa shape index (κ2) is 42.7. The molecule has 29 nitrogen and oxygen atoms in total. The van der Waals surface area contributed by atoms with Gasteiger partial charge in [-0.15, -0.1) is 20.4 Å². The molecule has 131 heavy (non-hydrogen) atoms. The Kier molecular flexibility index (Phi) is 31.1. The van der Waals surface area contributed by atoms with Gasteiger partial charge in [0.2, 0.25) is 5.82 Å². The van der Waals surface area contributed by atoms with Gasteiger partial charge in [-0.2, -0.15) is 24.8 Å². The summed E-state index contributed by atoms with van der Waals surface area (Å²) in [6.45, 7) is 18.1. The number of imidazole rings is 2. The van der Waals surface area contributed by atoms with E-state index >= 15 is 0 Å². The molecule has 0 aliphatic carbocycles. The highest BCUT2D eigenvalue weighted by Crippen LogP contribution is 2.40. The van der Waals surface area contributed by atoms with Crippen LogP contribution in [-0.4, -0.2) is 196 Å². The third-order valence-corrected chi connectivity index (χ3v) is 23.8. The monoisotopic (exact) mass is 1820 g/mol. The van der Waals surface area contributed by atoms with Crippen LogP contribution in [0.15, 0.2) is 152 Å². The highest BCUT2D eigenvalue weighted by molar-refractivity contribution is 6.31. The van der Waals surface area contributed by atoms with E-state index in [1.165, 1.54) is 16.0 Å². The number of halogens is 4. The van der Waals surface area contributed by atoms with Crippen molar-refractivity contribution in [1.29, 1.82) is 0 Å². The van der Waals surface area contributed by atoms with Gasteiger partial charge in [-0.1, -0.05) is 42.3 Å². The molecule has 0 spiro atoms. The van der Waals surface area contributed by atoms with Gasteiger partial charge in [-0.25, -0.2) is 14.4 Å². The maximum Gasteiger partial charge on any atom is 0.274 e. The van der Waals surface area contributed by atoms with Crippen LogP contribution < -0.4 is 30.4 Å². The Balaban J connectivity index is 0.000000149. The normalized spacial score (nSPS) is 11.4. The summed E-state index contributed by atoms with van der Waals surface area (Å²) in [7, 11) is 20.7. The summed E-state index contributed by atoms with van der Waals surface area (Å²) in [4.78, 5) is 39.5. The number of benzene rings is 5. The van der Waals surface area contributed by atoms with Gasteiger partial charge < -0.3 is 58.5 Å². The molecule has 0 saturated heterocycles. The number of carbonyl (C=O) groups is 2. The number of pyridine rings is 3. The Morgan fingerprint density at radius 2 is 1.02 bits per heavy atom. The lowest BCUT2D eigenvalue weighted by atomic mass is 9.97. The summed E-state index contributed by atoms with van der Waals surface area (Å²) in [6, 6.07) is 38.2. The third kappa shape index (κ3) is 22.0. The van der Waals surface area contributed by atoms with E-state index in [0.717, 1.165) is 186 Å². The molecule has 0 unspecified atom stereocenters. The summed E-state index contributed by atoms with van der Waals surface area (Å²) < 4.78 is 68.3. The van der Waals surface area contributed by atoms with E-state index in [4.69, 9.17) is 53.6 Å². The number of ketones is 1. The molecular weight excluding hydrogens is 1700 g/mol. The molecule has 16 rings (SSSR count). The van der Waals surface area contributed by atoms with Crippen LogP contribution >= 0.6 is 23.2 Å². The molecule has 0 aliphatic heterocycles. The number of ether oxygens (including phenoxy) is 4. The number of hydrogen-bond acceptors (Lipinski definition) is 20. The summed E-state index contributed by atoms with van der Waals surface area (Å²) in [6.07, 6.45) is 15.5. The number of nitrogens with two attached hydrogens (primary N) is 2. The zero-order valence-electron chi connectivity index (χ0n) is 77.8. The van der Waals surface area contributed by atoms with E-state index in [0.29, 0.717) is 97.0 Å². The Morgan fingerprint density at radius 1 is 0.496 bits per heavy atom. The minimum atomic E-state index is -0.980. The van der Waals surface area contributed by atoms with Crippen LogP contribution in [0.2, 0.25) is 10.0 Å². The molecule has 0 bridgehead atoms. The molecule has 0 aliphatic rings. The van der Waals surface area contributed by atoms with Crippen LogP contribution in [0.4, 0.5) is 8.78 Å². The first-order chi connectivity index (χ1) is 62.8. The van der Waals surface area contributed by atoms with Gasteiger partial charge in [-0.3, -0.25) is 32.7 Å². The molecule has 11 heterocycles. The van der Waals surface area contributed by atoms with Gasteiger partial charge in [-0.05, 0) is 233 Å². The molecule has 4 N–H and O–H groups in total. The standard InChI is InChI=1S/C25H29ClN6O2.C25H28ClN5O2.C25H29F2N5O.C23H29N7O/c1-16-20(24(29-31(16)4)25(33)30(2)3)10-12-34-22-13-18(26)6-7-21(22)17-5-8-23-28-14-19(9-11-27)32(23)15-17;1-4-22(32)25-20(16(2)30(3)29-25)10-12-33-23-13-18(26)6-7-21(23)17-5-8-24-28-14-19(9-11-27)31(24)15-17;1-15-18(16(2)31(5)28-15)11-12-33-25-19(8-9-21(26)24(25)27)17-7-10-23-20(13-17)22(14-30(3)4)29-32(23)6;1-16-24-25-17(2)29(16)12-6-7-18-8-10-20(31-5)13-21(18)19-9-11-22-26-27-23(15-28(3)4)30(22)14-19/h5-8,13-15H,9-12,27H2,1-4H3;5-8,13-15H,4,9-12,27H2,1-3H3;7-10,13H,11-12,14H2,1-6H3;8-11,13-14H,6-7,12,15H2,1-5H3. The molecular formula is C98H115Cl2F2N23O6. The molecule has 0 saturated carbocycles. The largest absolute Gasteiger partial charge is 0.497 e. The predicted octanol–water partition coefficient (Wildman–Crippen LogP) is 15.8. The van der Waals surface area contributed by atoms with Gasteiger partial charge in [0, 0.05) is 208 Å². The quantitative estimate of drug-likeness (QED) is 0.0370. The smallest absolute Gasteiger partial charge is 0.274 e. The van der Waals surface area contributed by atoms with Gasteiger partial charge in [0.25, 0.3) is 5.91 Å². The fourth-order valence-electron chi connectivity index (χ4n) is 16.1. The summed E-state index contributed by atoms with van der Waals surface area (Å²) in [5.74, 6) is 2.98. The lowest BCUT2D eigenvalue weighted by Gasteiger charge is -2.14. The predicted molar refractivity (Wildman–Crippen MR) is 509 cm³/mol. The van der Waals surface area contributed by atoms with Crippen molar-refractivity contribution in [2.24, 2.45) is 39.7 Å². The van der Waals surface area contributed by atoms with Crippen LogP contribution in [0.5, 0.6) is 23.0 Å². The Labute approximate surface area is 771 Å². The van der Waals surface area contributed by atoms with E-state index in [1.54, 1.807) is 36.6 Å². The van der Waals surface area contributed by atoms with E-state index < -0.39 is 11.6 Å². The maximum atomic E-state index is 14.9. The van der Waals surface area contributed by atoms with Gasteiger partial charge in [0.1, 0.15) is 45.9 Å². The Morgan fingerprint density at radius 3 is 1.56 bits per heavy atom. The summed E-state index contributed by atoms with van der Waals surface area (Å²) >= 11 is 12.6. The molecule has 686 valence electrons. The van der Waals surface area contributed by atoms with E-state index in [9.17, 15) is 18.4 Å². The zero-order valence-corrected chi connectivity index (χ0v) is 79.3. The van der Waals surface area contributed by atoms with Crippen molar-refractivity contribution in [2.45, 2.75) is 119 Å². The molecule has 11 aromatic heterocycles. The van der Waals surface area contributed by atoms with Crippen LogP contribution in [0.1, 0.15) is 120 Å². The number of amides is 1. The fraction of sp³-hybridized carbons (Fsp3) is 0.347. The first kappa shape index (κ1) is 95.5. The van der Waals surface area contributed by atoms with Crippen molar-refractivity contribution < 1.29 is 37.3 Å². The number of carbonyl (C=O) groups excluding carboxylic acids is 2. The van der Waals surface area contributed by atoms with E-state index in [-0.39, 0.29) is 24.0 Å². The van der Waals surface area contributed by atoms with Crippen molar-refractivity contribution in [3.8, 4) is 67.5 Å². The highest BCUT2D eigenvalue weighted by Gasteiger charge is 2.26. The van der Waals surface area contributed by atoms with Crippen molar-refractivity contribution in [3.63, 3.8) is 0 Å². The second-order valence-corrected chi connectivity index (χ2v) is 34.0. The van der Waals surface area contributed by atoms with Gasteiger partial charge in [0.05, 0.1) is 50.4 Å². The van der Waals surface area contributed by atoms with E-state index in [2.05, 4.69) is 97.8 Å². The second-order valence-electron chi connectivity index (χ2n) is 33.1. The lowest BCUT2D eigenvalue weighted by molar-refractivity contribution is 0.0819. The minimum absolute atomic E-state index is 0.0408. The number of hydrogen-bond donors (Lipinski definition) is 2. The zero-order chi connectivity index (χ0) is 93.8. The molecule has 0 radical (unpaired) electrons. The van der Waals surface area contributed by atoms with Gasteiger partial charge >= 0.3 is 0 Å². The third-order valence-electron chi connectivity index (χ3n) is 23.3. The summed E-state index contributed by atoms with van der Waals surface area (Å²) in [5, 5.41) is 37.0. The van der Waals surface area contributed by atoms with Crippen molar-refractivity contribution >= 4 is 62.7 Å². The van der Waals surface area contributed by atoms with Crippen LogP contribution in [-0.2, 0) is 86.3 Å². The first-order valence-electron chi connectivity index (χ1n) is 43.6. The number of rotatable bonds is 32. The average Bonchev–Trinajstić information content (AvgIpc) is 1.68. The SMILES string of the molecule is CCC(=O)c1nn(C)c(C)c1CCOc1cc(Cl)ccc1-c1ccc2ncc(CCN)n2c1.COc1ccc(CCCn2c(C)nnc2C)c(-c2ccc3nnc(CN(C)C)n3c2)c1.Cc1c(CCOc2cc(Cl)ccc2-c2ccc3ncc(CCN)n3c2)c(C(=O)N(C)C)nn1C.Cc1nn(C)c(C)c1CCOc1c(-c2ccc3c(c2)c(CN(C)C)nn3C)ccc(F)c1F. The van der Waals surface area contributed by atoms with Crippen molar-refractivity contribution in [2.75, 3.05) is 82.3 Å². The highest BCUT2D eigenvalue weighted by atomic mass is 35.5. The van der Waals surface area contributed by atoms with Crippen LogP contribution in [0.3, 0.4) is 0 Å². The Bertz CT molecular complexity index is 6750. The maximum absolute atomic E-state index is 14.9. The van der Waals surface area contributed by atoms with Crippen molar-refractivity contribution in [1.82, 2.24) is 102 Å². The molecule has 0 atom stereocenters. The van der Waals surface area contributed by atoms with Crippen LogP contribution in [0, 0.1) is 53.2 Å². The molecule has 1 amide bonds. The number of Topliss-reactive ketones (excluding diaryl/α,β-unsaturated/α-hetero) is 1. The number of nitrogens with zero attached hydrogens (tertiary/aromatic N) is 21. The topological polar surface area (TPSA) is 300 Å². The lowest BCUT2D eigenvalue weighted by Crippen LogP contribution is -2.23. The number of aryl methyl sites for hydroxylation is 8. The number of fused-ring (bicyclic) bond motifs is 4. The molecule has 33 heteroatoms. The minimum Gasteiger partial charge on any atom is -0.497 e. The number of methoxy groups -OCH3 is 1. The summed E-state index contributed by atoms with van der Waals surface area (Å²) in [5.41, 5.74) is 34.5. The van der Waals surface area contributed by atoms with Crippen molar-refractivity contribution in [3.05, 3.63) is 265 Å². The fourth-order valence-corrected chi connectivity index (χ4v) is 16.4. The average molecular weight is 1820 g/mol. The van der Waals surface area contributed by atoms with Crippen LogP contribution in [0.25, 0.3) is 72.4 Å². The Hall–Kier alpha value is -13.0.